The maximum atomic E-state index is 13.8. The highest BCUT2D eigenvalue weighted by Gasteiger charge is 2.25. The average molecular weight is 198 g/mol. The first-order valence-corrected chi connectivity index (χ1v) is 4.75. The van der Waals surface area contributed by atoms with Crippen molar-refractivity contribution in [1.82, 2.24) is 0 Å². The summed E-state index contributed by atoms with van der Waals surface area (Å²) in [4.78, 5) is 3.94. The maximum absolute atomic E-state index is 13.8. The molecule has 0 aliphatic carbocycles. The third-order valence-corrected chi connectivity index (χ3v) is 2.01. The van der Waals surface area contributed by atoms with Gasteiger partial charge >= 0.3 is 0 Å². The van der Waals surface area contributed by atoms with Crippen molar-refractivity contribution in [1.29, 1.82) is 0 Å². The van der Waals surface area contributed by atoms with Gasteiger partial charge in [0.1, 0.15) is 5.67 Å². The number of hydrogen-bond donors (Lipinski definition) is 1. The Bertz CT molecular complexity index is 252. The first kappa shape index (κ1) is 12.9. The van der Waals surface area contributed by atoms with Crippen LogP contribution < -0.4 is 5.73 Å². The molecule has 14 heavy (non-hydrogen) atoms. The highest BCUT2D eigenvalue weighted by molar-refractivity contribution is 5.78. The fourth-order valence-corrected chi connectivity index (χ4v) is 0.971. The van der Waals surface area contributed by atoms with Crippen LogP contribution in [0.5, 0.6) is 0 Å². The SMILES string of the molecule is C=C(N=C/C(C)=C\N)C(C)(F)CCC. The number of rotatable bonds is 5. The van der Waals surface area contributed by atoms with Gasteiger partial charge in [-0.1, -0.05) is 19.9 Å². The van der Waals surface area contributed by atoms with Gasteiger partial charge in [0, 0.05) is 6.21 Å². The highest BCUT2D eigenvalue weighted by Crippen LogP contribution is 2.26. The molecule has 0 saturated heterocycles. The lowest BCUT2D eigenvalue weighted by Crippen LogP contribution is -2.19. The molecular weight excluding hydrogens is 179 g/mol. The van der Waals surface area contributed by atoms with Crippen molar-refractivity contribution in [3.05, 3.63) is 24.0 Å². The van der Waals surface area contributed by atoms with Crippen molar-refractivity contribution in [3.63, 3.8) is 0 Å². The van der Waals surface area contributed by atoms with Crippen molar-refractivity contribution >= 4 is 6.21 Å². The predicted octanol–water partition coefficient (Wildman–Crippen LogP) is 2.96. The standard InChI is InChI=1S/C11H19FN2/c1-5-6-11(4,12)10(3)14-8-9(2)7-13/h7-8H,3,5-6,13H2,1-2,4H3/b9-7-,14-8?. The minimum atomic E-state index is -1.42. The summed E-state index contributed by atoms with van der Waals surface area (Å²) in [7, 11) is 0. The molecule has 0 heterocycles. The predicted molar refractivity (Wildman–Crippen MR) is 60.0 cm³/mol. The van der Waals surface area contributed by atoms with Gasteiger partial charge in [-0.05, 0) is 32.0 Å². The first-order chi connectivity index (χ1) is 6.44. The number of aliphatic imine (C=N–C) groups is 1. The highest BCUT2D eigenvalue weighted by atomic mass is 19.1. The molecule has 2 nitrogen and oxygen atoms in total. The third-order valence-electron chi connectivity index (χ3n) is 2.01. The molecule has 80 valence electrons. The van der Waals surface area contributed by atoms with E-state index >= 15 is 0 Å². The van der Waals surface area contributed by atoms with Gasteiger partial charge < -0.3 is 5.73 Å². The lowest BCUT2D eigenvalue weighted by molar-refractivity contribution is 0.220. The lowest BCUT2D eigenvalue weighted by atomic mass is 10.00. The van der Waals surface area contributed by atoms with Crippen molar-refractivity contribution in [2.24, 2.45) is 10.7 Å². The van der Waals surface area contributed by atoms with Crippen LogP contribution in [-0.2, 0) is 0 Å². The van der Waals surface area contributed by atoms with Gasteiger partial charge in [-0.2, -0.15) is 0 Å². The quantitative estimate of drug-likeness (QED) is 0.678. The van der Waals surface area contributed by atoms with Crippen LogP contribution in [0.25, 0.3) is 0 Å². The Balaban J connectivity index is 4.41. The van der Waals surface area contributed by atoms with Gasteiger partial charge in [-0.15, -0.1) is 0 Å². The molecule has 2 N–H and O–H groups in total. The van der Waals surface area contributed by atoms with E-state index in [2.05, 4.69) is 11.6 Å². The summed E-state index contributed by atoms with van der Waals surface area (Å²) in [6, 6.07) is 0. The summed E-state index contributed by atoms with van der Waals surface area (Å²) >= 11 is 0. The Morgan fingerprint density at radius 2 is 2.21 bits per heavy atom. The Kier molecular flexibility index (Phi) is 5.13. The normalized spacial score (nSPS) is 17.0. The van der Waals surface area contributed by atoms with E-state index in [1.807, 2.05) is 6.92 Å². The molecule has 0 amide bonds. The maximum Gasteiger partial charge on any atom is 0.149 e. The second kappa shape index (κ2) is 5.58. The van der Waals surface area contributed by atoms with E-state index in [1.165, 1.54) is 19.3 Å². The number of halogens is 1. The third kappa shape index (κ3) is 4.21. The van der Waals surface area contributed by atoms with E-state index in [0.717, 1.165) is 12.0 Å². The molecule has 0 saturated carbocycles. The van der Waals surface area contributed by atoms with Crippen LogP contribution in [0.3, 0.4) is 0 Å². The molecule has 0 aliphatic rings. The van der Waals surface area contributed by atoms with E-state index in [-0.39, 0.29) is 5.70 Å². The zero-order valence-electron chi connectivity index (χ0n) is 9.18. The summed E-state index contributed by atoms with van der Waals surface area (Å²) in [5, 5.41) is 0. The van der Waals surface area contributed by atoms with Gasteiger partial charge in [0.25, 0.3) is 0 Å². The molecule has 0 spiro atoms. The van der Waals surface area contributed by atoms with Gasteiger partial charge in [-0.25, -0.2) is 4.39 Å². The van der Waals surface area contributed by atoms with E-state index < -0.39 is 5.67 Å². The fourth-order valence-electron chi connectivity index (χ4n) is 0.971. The minimum Gasteiger partial charge on any atom is -0.404 e. The van der Waals surface area contributed by atoms with Crippen LogP contribution in [0.2, 0.25) is 0 Å². The summed E-state index contributed by atoms with van der Waals surface area (Å²) in [5.41, 5.74) is 4.87. The number of hydrogen-bond acceptors (Lipinski definition) is 2. The van der Waals surface area contributed by atoms with Crippen molar-refractivity contribution in [2.75, 3.05) is 0 Å². The van der Waals surface area contributed by atoms with Crippen LogP contribution in [0, 0.1) is 0 Å². The number of alkyl halides is 1. The second-order valence-corrected chi connectivity index (χ2v) is 3.56. The Hall–Kier alpha value is -1.12. The van der Waals surface area contributed by atoms with Crippen molar-refractivity contribution in [3.8, 4) is 0 Å². The Morgan fingerprint density at radius 1 is 1.64 bits per heavy atom. The van der Waals surface area contributed by atoms with Crippen LogP contribution >= 0.6 is 0 Å². The first-order valence-electron chi connectivity index (χ1n) is 4.75. The van der Waals surface area contributed by atoms with Gasteiger partial charge in [-0.3, -0.25) is 4.99 Å². The Labute approximate surface area is 85.4 Å². The van der Waals surface area contributed by atoms with Crippen molar-refractivity contribution < 1.29 is 4.39 Å². The van der Waals surface area contributed by atoms with E-state index in [0.29, 0.717) is 6.42 Å². The van der Waals surface area contributed by atoms with E-state index in [9.17, 15) is 4.39 Å². The summed E-state index contributed by atoms with van der Waals surface area (Å²) in [6.07, 6.45) is 4.16. The summed E-state index contributed by atoms with van der Waals surface area (Å²) < 4.78 is 13.8. The molecule has 0 bridgehead atoms. The molecule has 0 radical (unpaired) electrons. The fraction of sp³-hybridized carbons (Fsp3) is 0.545. The topological polar surface area (TPSA) is 38.4 Å². The molecule has 1 unspecified atom stereocenters. The zero-order chi connectivity index (χ0) is 11.2. The molecule has 0 rings (SSSR count). The van der Waals surface area contributed by atoms with Crippen LogP contribution in [0.4, 0.5) is 4.39 Å². The molecule has 0 aliphatic heterocycles. The summed E-state index contributed by atoms with van der Waals surface area (Å²) in [6.45, 7) is 8.84. The average Bonchev–Trinajstić information content (AvgIpc) is 2.13. The molecular formula is C11H19FN2. The second-order valence-electron chi connectivity index (χ2n) is 3.56. The number of nitrogens with zero attached hydrogens (tertiary/aromatic N) is 1. The van der Waals surface area contributed by atoms with E-state index in [4.69, 9.17) is 5.73 Å². The van der Waals surface area contributed by atoms with Crippen LogP contribution in [0.15, 0.2) is 29.0 Å². The number of allylic oxidation sites excluding steroid dienone is 2. The van der Waals surface area contributed by atoms with Crippen molar-refractivity contribution in [2.45, 2.75) is 39.3 Å². The Morgan fingerprint density at radius 3 is 2.64 bits per heavy atom. The molecule has 0 aromatic carbocycles. The smallest absolute Gasteiger partial charge is 0.149 e. The largest absolute Gasteiger partial charge is 0.404 e. The lowest BCUT2D eigenvalue weighted by Gasteiger charge is -2.18. The molecule has 0 aromatic rings. The van der Waals surface area contributed by atoms with Gasteiger partial charge in [0.15, 0.2) is 0 Å². The minimum absolute atomic E-state index is 0.251. The molecule has 3 heteroatoms. The van der Waals surface area contributed by atoms with Crippen LogP contribution in [-0.4, -0.2) is 11.9 Å². The van der Waals surface area contributed by atoms with E-state index in [1.54, 1.807) is 6.92 Å². The zero-order valence-corrected chi connectivity index (χ0v) is 9.18. The van der Waals surface area contributed by atoms with Gasteiger partial charge in [0.05, 0.1) is 5.70 Å². The number of nitrogens with two attached hydrogens (primary N) is 1. The molecule has 1 atom stereocenters. The molecule has 0 fully saturated rings. The monoisotopic (exact) mass is 198 g/mol. The molecule has 0 aromatic heterocycles. The summed E-state index contributed by atoms with van der Waals surface area (Å²) in [5.74, 6) is 0. The van der Waals surface area contributed by atoms with Gasteiger partial charge in [0.2, 0.25) is 0 Å². The van der Waals surface area contributed by atoms with Crippen LogP contribution in [0.1, 0.15) is 33.6 Å².